The number of nitrogens with zero attached hydrogens (tertiary/aromatic N) is 1. The first kappa shape index (κ1) is 19.0. The van der Waals surface area contributed by atoms with Gasteiger partial charge in [0, 0.05) is 24.7 Å². The molecule has 0 spiro atoms. The third kappa shape index (κ3) is 5.34. The molecule has 2 aromatic carbocycles. The van der Waals surface area contributed by atoms with Crippen LogP contribution in [0.25, 0.3) is 0 Å². The number of hydrogen-bond donors (Lipinski definition) is 3. The number of likely N-dealkylation sites (N-methyl/N-ethyl adjacent to an activating group) is 1. The molecule has 136 valence electrons. The number of carboxylic acids is 1. The summed E-state index contributed by atoms with van der Waals surface area (Å²) in [5.41, 5.74) is 7.53. The SMILES string of the molecule is CN(CCc1ccc(OCC(=O)O)cc1)C(=O)c1ccc(C(=N)N)cc1. The van der Waals surface area contributed by atoms with Crippen LogP contribution in [0.3, 0.4) is 0 Å². The van der Waals surface area contributed by atoms with E-state index in [-0.39, 0.29) is 18.3 Å². The lowest BCUT2D eigenvalue weighted by atomic mass is 10.1. The number of nitrogen functional groups attached to an aromatic ring is 1. The molecule has 4 N–H and O–H groups in total. The zero-order chi connectivity index (χ0) is 19.1. The van der Waals surface area contributed by atoms with Crippen molar-refractivity contribution in [3.05, 3.63) is 65.2 Å². The van der Waals surface area contributed by atoms with E-state index in [2.05, 4.69) is 0 Å². The van der Waals surface area contributed by atoms with Gasteiger partial charge in [-0.1, -0.05) is 24.3 Å². The molecular weight excluding hydrogens is 334 g/mol. The van der Waals surface area contributed by atoms with E-state index in [0.717, 1.165) is 5.56 Å². The lowest BCUT2D eigenvalue weighted by Crippen LogP contribution is -2.28. The van der Waals surface area contributed by atoms with Crippen molar-refractivity contribution in [2.75, 3.05) is 20.2 Å². The minimum absolute atomic E-state index is 0.0341. The molecule has 2 aromatic rings. The van der Waals surface area contributed by atoms with Crippen molar-refractivity contribution in [1.82, 2.24) is 4.90 Å². The highest BCUT2D eigenvalue weighted by atomic mass is 16.5. The van der Waals surface area contributed by atoms with Crippen LogP contribution in [0.4, 0.5) is 0 Å². The van der Waals surface area contributed by atoms with Crippen molar-refractivity contribution in [2.45, 2.75) is 6.42 Å². The molecule has 0 bridgehead atoms. The standard InChI is InChI=1S/C19H21N3O4/c1-22(19(25)15-6-4-14(5-7-15)18(20)21)11-10-13-2-8-16(9-3-13)26-12-17(23)24/h2-9H,10-12H2,1H3,(H3,20,21)(H,23,24). The highest BCUT2D eigenvalue weighted by Gasteiger charge is 2.12. The van der Waals surface area contributed by atoms with E-state index < -0.39 is 5.97 Å². The van der Waals surface area contributed by atoms with Crippen LogP contribution in [0.2, 0.25) is 0 Å². The minimum Gasteiger partial charge on any atom is -0.482 e. The van der Waals surface area contributed by atoms with Gasteiger partial charge in [0.2, 0.25) is 0 Å². The molecule has 0 atom stereocenters. The van der Waals surface area contributed by atoms with Gasteiger partial charge in [0.25, 0.3) is 5.91 Å². The number of nitrogens with two attached hydrogens (primary N) is 1. The molecule has 0 aliphatic carbocycles. The molecule has 0 unspecified atom stereocenters. The Kier molecular flexibility index (Phi) is 6.32. The molecule has 0 fully saturated rings. The molecule has 0 aliphatic rings. The predicted molar refractivity (Wildman–Crippen MR) is 97.7 cm³/mol. The van der Waals surface area contributed by atoms with Gasteiger partial charge in [-0.2, -0.15) is 0 Å². The van der Waals surface area contributed by atoms with E-state index in [1.165, 1.54) is 0 Å². The summed E-state index contributed by atoms with van der Waals surface area (Å²) >= 11 is 0. The third-order valence-electron chi connectivity index (χ3n) is 3.81. The average molecular weight is 355 g/mol. The molecule has 1 amide bonds. The smallest absolute Gasteiger partial charge is 0.341 e. The number of benzene rings is 2. The highest BCUT2D eigenvalue weighted by molar-refractivity contribution is 5.98. The molecule has 26 heavy (non-hydrogen) atoms. The van der Waals surface area contributed by atoms with E-state index in [4.69, 9.17) is 21.0 Å². The van der Waals surface area contributed by atoms with Gasteiger partial charge in [0.1, 0.15) is 11.6 Å². The van der Waals surface area contributed by atoms with Gasteiger partial charge in [-0.25, -0.2) is 4.79 Å². The fourth-order valence-electron chi connectivity index (χ4n) is 2.31. The molecular formula is C19H21N3O4. The first-order valence-electron chi connectivity index (χ1n) is 8.00. The van der Waals surface area contributed by atoms with Crippen LogP contribution in [0.15, 0.2) is 48.5 Å². The van der Waals surface area contributed by atoms with E-state index in [9.17, 15) is 9.59 Å². The highest BCUT2D eigenvalue weighted by Crippen LogP contribution is 2.13. The normalized spacial score (nSPS) is 10.2. The van der Waals surface area contributed by atoms with Crippen LogP contribution in [0.5, 0.6) is 5.75 Å². The number of nitrogens with one attached hydrogen (secondary N) is 1. The lowest BCUT2D eigenvalue weighted by molar-refractivity contribution is -0.139. The van der Waals surface area contributed by atoms with E-state index in [1.54, 1.807) is 48.3 Å². The molecule has 7 heteroatoms. The zero-order valence-electron chi connectivity index (χ0n) is 14.4. The Morgan fingerprint density at radius 2 is 1.65 bits per heavy atom. The van der Waals surface area contributed by atoms with Crippen LogP contribution >= 0.6 is 0 Å². The Labute approximate surface area is 151 Å². The molecule has 2 rings (SSSR count). The summed E-state index contributed by atoms with van der Waals surface area (Å²) in [5.74, 6) is -0.675. The predicted octanol–water partition coefficient (Wildman–Crippen LogP) is 1.75. The van der Waals surface area contributed by atoms with Crippen LogP contribution in [0, 0.1) is 5.41 Å². The fourth-order valence-corrected chi connectivity index (χ4v) is 2.31. The first-order chi connectivity index (χ1) is 12.4. The Bertz CT molecular complexity index is 785. The van der Waals surface area contributed by atoms with Crippen LogP contribution < -0.4 is 10.5 Å². The Hall–Kier alpha value is -3.35. The maximum Gasteiger partial charge on any atom is 0.341 e. The Morgan fingerprint density at radius 3 is 2.19 bits per heavy atom. The first-order valence-corrected chi connectivity index (χ1v) is 8.00. The minimum atomic E-state index is -1.02. The van der Waals surface area contributed by atoms with Crippen molar-refractivity contribution < 1.29 is 19.4 Å². The largest absolute Gasteiger partial charge is 0.482 e. The number of amidine groups is 1. The summed E-state index contributed by atoms with van der Waals surface area (Å²) in [6.45, 7) is 0.154. The van der Waals surface area contributed by atoms with Gasteiger partial charge in [-0.05, 0) is 36.2 Å². The van der Waals surface area contributed by atoms with Crippen LogP contribution in [-0.2, 0) is 11.2 Å². The molecule has 0 aliphatic heterocycles. The van der Waals surface area contributed by atoms with Gasteiger partial charge >= 0.3 is 5.97 Å². The number of ether oxygens (including phenoxy) is 1. The van der Waals surface area contributed by atoms with Crippen molar-refractivity contribution >= 4 is 17.7 Å². The fraction of sp³-hybridized carbons (Fsp3) is 0.211. The number of carbonyl (C=O) groups excluding carboxylic acids is 1. The maximum atomic E-state index is 12.4. The van der Waals surface area contributed by atoms with Crippen LogP contribution in [0.1, 0.15) is 21.5 Å². The molecule has 0 saturated carbocycles. The van der Waals surface area contributed by atoms with Crippen molar-refractivity contribution in [2.24, 2.45) is 5.73 Å². The van der Waals surface area contributed by atoms with Crippen LogP contribution in [-0.4, -0.2) is 47.9 Å². The summed E-state index contributed by atoms with van der Waals surface area (Å²) in [6.07, 6.45) is 0.660. The van der Waals surface area contributed by atoms with Gasteiger partial charge < -0.3 is 20.5 Å². The van der Waals surface area contributed by atoms with Gasteiger partial charge in [0.15, 0.2) is 6.61 Å². The molecule has 0 heterocycles. The number of rotatable bonds is 8. The topological polar surface area (TPSA) is 117 Å². The maximum absolute atomic E-state index is 12.4. The Balaban J connectivity index is 1.89. The summed E-state index contributed by atoms with van der Waals surface area (Å²) in [6, 6.07) is 13.7. The van der Waals surface area contributed by atoms with E-state index >= 15 is 0 Å². The number of carbonyl (C=O) groups is 2. The number of amides is 1. The summed E-state index contributed by atoms with van der Waals surface area (Å²) in [5, 5.41) is 15.9. The number of aliphatic carboxylic acids is 1. The zero-order valence-corrected chi connectivity index (χ0v) is 14.4. The van der Waals surface area contributed by atoms with Gasteiger partial charge in [0.05, 0.1) is 0 Å². The third-order valence-corrected chi connectivity index (χ3v) is 3.81. The van der Waals surface area contributed by atoms with Crippen molar-refractivity contribution in [1.29, 1.82) is 5.41 Å². The molecule has 0 radical (unpaired) electrons. The summed E-state index contributed by atoms with van der Waals surface area (Å²) < 4.78 is 5.08. The summed E-state index contributed by atoms with van der Waals surface area (Å²) in [7, 11) is 1.73. The second-order valence-electron chi connectivity index (χ2n) is 5.79. The number of hydrogen-bond acceptors (Lipinski definition) is 4. The average Bonchev–Trinajstić information content (AvgIpc) is 2.64. The van der Waals surface area contributed by atoms with Crippen molar-refractivity contribution in [3.63, 3.8) is 0 Å². The van der Waals surface area contributed by atoms with E-state index in [1.807, 2.05) is 12.1 Å². The lowest BCUT2D eigenvalue weighted by Gasteiger charge is -2.17. The molecule has 7 nitrogen and oxygen atoms in total. The molecule has 0 aromatic heterocycles. The Morgan fingerprint density at radius 1 is 1.08 bits per heavy atom. The number of carboxylic acid groups (broad SMARTS) is 1. The quantitative estimate of drug-likeness (QED) is 0.493. The summed E-state index contributed by atoms with van der Waals surface area (Å²) in [4.78, 5) is 24.5. The second kappa shape index (κ2) is 8.66. The van der Waals surface area contributed by atoms with Gasteiger partial charge in [-0.3, -0.25) is 10.2 Å². The monoisotopic (exact) mass is 355 g/mol. The second-order valence-corrected chi connectivity index (χ2v) is 5.79. The molecule has 0 saturated heterocycles. The van der Waals surface area contributed by atoms with E-state index in [0.29, 0.717) is 29.8 Å². The van der Waals surface area contributed by atoms with Crippen molar-refractivity contribution in [3.8, 4) is 5.75 Å². The van der Waals surface area contributed by atoms with Gasteiger partial charge in [-0.15, -0.1) is 0 Å².